The summed E-state index contributed by atoms with van der Waals surface area (Å²) in [6, 6.07) is 6.16. The second-order valence-corrected chi connectivity index (χ2v) is 5.37. The Morgan fingerprint density at radius 2 is 2.11 bits per heavy atom. The predicted octanol–water partition coefficient (Wildman–Crippen LogP) is 2.42. The number of hydrogen-bond acceptors (Lipinski definition) is 4. The minimum atomic E-state index is 0.338. The van der Waals surface area contributed by atoms with Crippen LogP contribution in [0.2, 0.25) is 0 Å². The van der Waals surface area contributed by atoms with Crippen LogP contribution in [0.3, 0.4) is 0 Å². The van der Waals surface area contributed by atoms with Crippen LogP contribution in [0.5, 0.6) is 11.5 Å². The van der Waals surface area contributed by atoms with Crippen molar-refractivity contribution in [2.24, 2.45) is 0 Å². The molecule has 1 saturated heterocycles. The van der Waals surface area contributed by atoms with Crippen molar-refractivity contribution in [3.05, 3.63) is 23.8 Å². The number of nitrogens with zero attached hydrogens (tertiary/aromatic N) is 1. The molecule has 1 aromatic carbocycles. The Morgan fingerprint density at radius 1 is 1.21 bits per heavy atom. The number of ether oxygens (including phenoxy) is 3. The first kappa shape index (κ1) is 12.8. The fraction of sp³-hybridized carbons (Fsp3) is 0.600. The number of fused-ring (bicyclic) bond motifs is 1. The molecule has 0 radical (unpaired) electrons. The number of hydrogen-bond donors (Lipinski definition) is 0. The van der Waals surface area contributed by atoms with Gasteiger partial charge in [0.15, 0.2) is 11.5 Å². The van der Waals surface area contributed by atoms with E-state index >= 15 is 0 Å². The molecule has 4 heteroatoms. The summed E-state index contributed by atoms with van der Waals surface area (Å²) in [7, 11) is 2.14. The van der Waals surface area contributed by atoms with E-state index < -0.39 is 0 Å². The highest BCUT2D eigenvalue weighted by Gasteiger charge is 2.17. The van der Waals surface area contributed by atoms with Gasteiger partial charge < -0.3 is 14.2 Å². The standard InChI is InChI=1S/C15H21NO3/c1-16(10-13-4-2-3-7-17-13)9-12-5-6-14-15(8-12)19-11-18-14/h5-6,8,13H,2-4,7,9-11H2,1H3. The van der Waals surface area contributed by atoms with Crippen LogP contribution in [-0.4, -0.2) is 38.0 Å². The number of rotatable bonds is 4. The first-order valence-electron chi connectivity index (χ1n) is 7.00. The molecule has 0 aromatic heterocycles. The average Bonchev–Trinajstić information content (AvgIpc) is 2.87. The van der Waals surface area contributed by atoms with Gasteiger partial charge in [-0.3, -0.25) is 4.90 Å². The molecule has 104 valence electrons. The van der Waals surface area contributed by atoms with Crippen LogP contribution in [-0.2, 0) is 11.3 Å². The Labute approximate surface area is 114 Å². The topological polar surface area (TPSA) is 30.9 Å². The van der Waals surface area contributed by atoms with Crippen LogP contribution >= 0.6 is 0 Å². The molecule has 1 unspecified atom stereocenters. The molecule has 0 spiro atoms. The summed E-state index contributed by atoms with van der Waals surface area (Å²) in [6.07, 6.45) is 4.09. The van der Waals surface area contributed by atoms with Crippen molar-refractivity contribution in [1.29, 1.82) is 0 Å². The van der Waals surface area contributed by atoms with E-state index in [1.807, 2.05) is 6.07 Å². The maximum absolute atomic E-state index is 5.77. The van der Waals surface area contributed by atoms with Gasteiger partial charge in [-0.25, -0.2) is 0 Å². The zero-order chi connectivity index (χ0) is 13.1. The molecule has 0 saturated carbocycles. The van der Waals surface area contributed by atoms with Gasteiger partial charge in [0.1, 0.15) is 0 Å². The molecule has 0 bridgehead atoms. The van der Waals surface area contributed by atoms with Gasteiger partial charge in [-0.05, 0) is 44.0 Å². The van der Waals surface area contributed by atoms with Gasteiger partial charge in [0, 0.05) is 19.7 Å². The fourth-order valence-corrected chi connectivity index (χ4v) is 2.71. The third-order valence-corrected chi connectivity index (χ3v) is 3.68. The first-order chi connectivity index (χ1) is 9.31. The summed E-state index contributed by atoms with van der Waals surface area (Å²) in [4.78, 5) is 2.31. The summed E-state index contributed by atoms with van der Waals surface area (Å²) in [6.45, 7) is 3.16. The zero-order valence-electron chi connectivity index (χ0n) is 11.4. The van der Waals surface area contributed by atoms with Crippen molar-refractivity contribution < 1.29 is 14.2 Å². The van der Waals surface area contributed by atoms with Crippen molar-refractivity contribution >= 4 is 0 Å². The van der Waals surface area contributed by atoms with Crippen LogP contribution in [0.1, 0.15) is 24.8 Å². The largest absolute Gasteiger partial charge is 0.454 e. The Morgan fingerprint density at radius 3 is 2.95 bits per heavy atom. The molecule has 19 heavy (non-hydrogen) atoms. The molecule has 1 atom stereocenters. The molecule has 2 aliphatic rings. The third kappa shape index (κ3) is 3.19. The molecule has 1 aromatic rings. The summed E-state index contributed by atoms with van der Waals surface area (Å²) >= 11 is 0. The van der Waals surface area contributed by atoms with E-state index in [4.69, 9.17) is 14.2 Å². The van der Waals surface area contributed by atoms with Gasteiger partial charge in [0.05, 0.1) is 6.10 Å². The van der Waals surface area contributed by atoms with Gasteiger partial charge in [-0.15, -0.1) is 0 Å². The summed E-state index contributed by atoms with van der Waals surface area (Å²) in [5.74, 6) is 1.71. The molecule has 0 N–H and O–H groups in total. The molecule has 2 aliphatic heterocycles. The molecular formula is C15H21NO3. The van der Waals surface area contributed by atoms with Crippen LogP contribution in [0.15, 0.2) is 18.2 Å². The molecule has 2 heterocycles. The molecule has 0 aliphatic carbocycles. The van der Waals surface area contributed by atoms with Crippen molar-refractivity contribution in [2.45, 2.75) is 31.9 Å². The minimum Gasteiger partial charge on any atom is -0.454 e. The van der Waals surface area contributed by atoms with E-state index in [1.165, 1.54) is 24.8 Å². The van der Waals surface area contributed by atoms with E-state index in [9.17, 15) is 0 Å². The maximum atomic E-state index is 5.77. The lowest BCUT2D eigenvalue weighted by atomic mass is 10.1. The molecule has 3 rings (SSSR count). The fourth-order valence-electron chi connectivity index (χ4n) is 2.71. The van der Waals surface area contributed by atoms with Crippen LogP contribution in [0.25, 0.3) is 0 Å². The molecule has 1 fully saturated rings. The van der Waals surface area contributed by atoms with Gasteiger partial charge in [-0.2, -0.15) is 0 Å². The van der Waals surface area contributed by atoms with E-state index in [0.717, 1.165) is 31.2 Å². The van der Waals surface area contributed by atoms with E-state index in [0.29, 0.717) is 12.9 Å². The average molecular weight is 263 g/mol. The quantitative estimate of drug-likeness (QED) is 0.834. The second kappa shape index (κ2) is 5.80. The highest BCUT2D eigenvalue weighted by Crippen LogP contribution is 2.32. The minimum absolute atomic E-state index is 0.338. The number of likely N-dealkylation sites (N-methyl/N-ethyl adjacent to an activating group) is 1. The highest BCUT2D eigenvalue weighted by atomic mass is 16.7. The van der Waals surface area contributed by atoms with Crippen LogP contribution in [0.4, 0.5) is 0 Å². The van der Waals surface area contributed by atoms with Gasteiger partial charge in [0.2, 0.25) is 6.79 Å². The van der Waals surface area contributed by atoms with Crippen molar-refractivity contribution in [3.63, 3.8) is 0 Å². The van der Waals surface area contributed by atoms with Gasteiger partial charge in [0.25, 0.3) is 0 Å². The molecule has 0 amide bonds. The zero-order valence-corrected chi connectivity index (χ0v) is 11.4. The lowest BCUT2D eigenvalue weighted by molar-refractivity contribution is -0.00259. The maximum Gasteiger partial charge on any atom is 0.231 e. The predicted molar refractivity (Wildman–Crippen MR) is 72.5 cm³/mol. The normalized spacial score (nSPS) is 21.9. The van der Waals surface area contributed by atoms with Crippen LogP contribution < -0.4 is 9.47 Å². The lowest BCUT2D eigenvalue weighted by Gasteiger charge is -2.27. The van der Waals surface area contributed by atoms with Crippen molar-refractivity contribution in [1.82, 2.24) is 4.90 Å². The Balaban J connectivity index is 1.55. The van der Waals surface area contributed by atoms with Gasteiger partial charge in [-0.1, -0.05) is 6.07 Å². The Kier molecular flexibility index (Phi) is 3.89. The number of benzene rings is 1. The summed E-state index contributed by atoms with van der Waals surface area (Å²) in [5, 5.41) is 0. The molecule has 4 nitrogen and oxygen atoms in total. The van der Waals surface area contributed by atoms with Crippen molar-refractivity contribution in [3.8, 4) is 11.5 Å². The lowest BCUT2D eigenvalue weighted by Crippen LogP contribution is -2.33. The monoisotopic (exact) mass is 263 g/mol. The summed E-state index contributed by atoms with van der Waals surface area (Å²) < 4.78 is 16.5. The van der Waals surface area contributed by atoms with E-state index in [2.05, 4.69) is 24.1 Å². The van der Waals surface area contributed by atoms with Crippen LogP contribution in [0, 0.1) is 0 Å². The smallest absolute Gasteiger partial charge is 0.231 e. The van der Waals surface area contributed by atoms with E-state index in [1.54, 1.807) is 0 Å². The Hall–Kier alpha value is -1.26. The third-order valence-electron chi connectivity index (χ3n) is 3.68. The SMILES string of the molecule is CN(Cc1ccc2c(c1)OCO2)CC1CCCCO1. The second-order valence-electron chi connectivity index (χ2n) is 5.37. The Bertz CT molecular complexity index is 429. The van der Waals surface area contributed by atoms with E-state index in [-0.39, 0.29) is 0 Å². The highest BCUT2D eigenvalue weighted by molar-refractivity contribution is 5.44. The molecular weight excluding hydrogens is 242 g/mol. The summed E-state index contributed by atoms with van der Waals surface area (Å²) in [5.41, 5.74) is 1.25. The van der Waals surface area contributed by atoms with Crippen molar-refractivity contribution in [2.75, 3.05) is 27.0 Å². The first-order valence-corrected chi connectivity index (χ1v) is 7.00. The van der Waals surface area contributed by atoms with Gasteiger partial charge >= 0.3 is 0 Å².